The van der Waals surface area contributed by atoms with Crippen molar-refractivity contribution in [3.63, 3.8) is 0 Å². The molecule has 3 aliphatic heterocycles. The smallest absolute Gasteiger partial charge is 0.465 e. The third-order valence-electron chi connectivity index (χ3n) is 11.4. The van der Waals surface area contributed by atoms with Crippen LogP contribution in [0.3, 0.4) is 0 Å². The summed E-state index contributed by atoms with van der Waals surface area (Å²) in [5.74, 6) is 2.53. The minimum absolute atomic E-state index is 0.0280. The summed E-state index contributed by atoms with van der Waals surface area (Å²) >= 11 is 0. The second-order valence-electron chi connectivity index (χ2n) is 13.4. The molecule has 0 bridgehead atoms. The molecule has 0 amide bonds. The lowest BCUT2D eigenvalue weighted by Gasteiger charge is -2.26. The van der Waals surface area contributed by atoms with Crippen molar-refractivity contribution in [3.8, 4) is 0 Å². The van der Waals surface area contributed by atoms with Crippen molar-refractivity contribution in [1.82, 2.24) is 0 Å². The molecule has 1 spiro atoms. The standard InChI is InChI=1S/C12H20O2.C11H16O3.C10H16O3/c1-3-9-5-10(4-2)12(6-9)7-11(13)14-8-12;1-3-6-5-7(4-2)9-8(6)10(12)14-11(9)13;1-3-6-5-7(4-2)9-8(6)12-10(11)13-9/h9-10H,3-8H2,1-2H3;6-9H,3-5H2,1-2H3;6-9H,3-5H2,1-2H3. The Balaban J connectivity index is 0.000000142. The lowest BCUT2D eigenvalue weighted by molar-refractivity contribution is -0.155. The lowest BCUT2D eigenvalue weighted by atomic mass is 9.76. The molecular formula is C33H52O8. The molecule has 3 aliphatic carbocycles. The Labute approximate surface area is 245 Å². The number of fused-ring (bicyclic) bond motifs is 2. The van der Waals surface area contributed by atoms with Gasteiger partial charge in [-0.3, -0.25) is 14.4 Å². The van der Waals surface area contributed by atoms with Gasteiger partial charge in [0.05, 0.1) is 24.9 Å². The van der Waals surface area contributed by atoms with Crippen LogP contribution in [0, 0.1) is 52.8 Å². The normalized spacial score (nSPS) is 42.0. The highest BCUT2D eigenvalue weighted by atomic mass is 16.8. The van der Waals surface area contributed by atoms with Crippen molar-refractivity contribution in [2.24, 2.45) is 52.8 Å². The van der Waals surface area contributed by atoms with E-state index in [9.17, 15) is 19.2 Å². The molecule has 0 aromatic rings. The van der Waals surface area contributed by atoms with Crippen molar-refractivity contribution >= 4 is 24.1 Å². The van der Waals surface area contributed by atoms with Gasteiger partial charge in [-0.15, -0.1) is 0 Å². The number of rotatable bonds is 6. The van der Waals surface area contributed by atoms with Crippen molar-refractivity contribution in [3.05, 3.63) is 0 Å². The molecule has 11 atom stereocenters. The van der Waals surface area contributed by atoms with Crippen LogP contribution >= 0.6 is 0 Å². The summed E-state index contributed by atoms with van der Waals surface area (Å²) in [6.07, 6.45) is 11.6. The average Bonchev–Trinajstić information content (AvgIpc) is 3.79. The average molecular weight is 577 g/mol. The molecule has 11 unspecified atom stereocenters. The molecule has 3 saturated heterocycles. The predicted octanol–water partition coefficient (Wildman–Crippen LogP) is 6.87. The summed E-state index contributed by atoms with van der Waals surface area (Å²) in [5.41, 5.74) is 0.229. The van der Waals surface area contributed by atoms with E-state index in [4.69, 9.17) is 18.9 Å². The van der Waals surface area contributed by atoms with E-state index >= 15 is 0 Å². The number of hydrogen-bond acceptors (Lipinski definition) is 8. The monoisotopic (exact) mass is 576 g/mol. The van der Waals surface area contributed by atoms with Crippen LogP contribution in [0.4, 0.5) is 4.79 Å². The number of carbonyl (C=O) groups excluding carboxylic acids is 4. The van der Waals surface area contributed by atoms with Crippen molar-refractivity contribution in [1.29, 1.82) is 0 Å². The Morgan fingerprint density at radius 1 is 0.659 bits per heavy atom. The third-order valence-corrected chi connectivity index (χ3v) is 11.4. The van der Waals surface area contributed by atoms with Gasteiger partial charge in [0.2, 0.25) is 0 Å². The second kappa shape index (κ2) is 13.5. The molecular weight excluding hydrogens is 524 g/mol. The third kappa shape index (κ3) is 6.31. The molecule has 3 heterocycles. The highest BCUT2D eigenvalue weighted by molar-refractivity contribution is 5.97. The molecule has 6 aliphatic rings. The fraction of sp³-hybridized carbons (Fsp3) is 0.879. The maximum absolute atomic E-state index is 11.5. The number of carbonyl (C=O) groups is 4. The zero-order valence-electron chi connectivity index (χ0n) is 26.0. The van der Waals surface area contributed by atoms with Crippen molar-refractivity contribution < 1.29 is 38.1 Å². The molecule has 0 radical (unpaired) electrons. The van der Waals surface area contributed by atoms with Gasteiger partial charge in [-0.05, 0) is 74.0 Å². The lowest BCUT2D eigenvalue weighted by Crippen LogP contribution is -2.25. The largest absolute Gasteiger partial charge is 0.509 e. The quantitative estimate of drug-likeness (QED) is 0.192. The predicted molar refractivity (Wildman–Crippen MR) is 152 cm³/mol. The van der Waals surface area contributed by atoms with Gasteiger partial charge in [0.25, 0.3) is 0 Å². The Hall–Kier alpha value is -2.12. The molecule has 6 rings (SSSR count). The van der Waals surface area contributed by atoms with Crippen LogP contribution in [0.2, 0.25) is 0 Å². The summed E-state index contributed by atoms with van der Waals surface area (Å²) in [6.45, 7) is 13.6. The summed E-state index contributed by atoms with van der Waals surface area (Å²) in [5, 5.41) is 0. The van der Waals surface area contributed by atoms with E-state index in [1.165, 1.54) is 25.7 Å². The molecule has 0 N–H and O–H groups in total. The first-order chi connectivity index (χ1) is 19.6. The highest BCUT2D eigenvalue weighted by Crippen LogP contribution is 2.54. The van der Waals surface area contributed by atoms with Gasteiger partial charge in [0.15, 0.2) is 0 Å². The van der Waals surface area contributed by atoms with Crippen LogP contribution in [0.15, 0.2) is 0 Å². The number of esters is 3. The molecule has 6 fully saturated rings. The van der Waals surface area contributed by atoms with E-state index in [0.29, 0.717) is 36.7 Å². The van der Waals surface area contributed by atoms with Gasteiger partial charge >= 0.3 is 24.1 Å². The maximum Gasteiger partial charge on any atom is 0.509 e. The van der Waals surface area contributed by atoms with Gasteiger partial charge in [-0.25, -0.2) is 4.79 Å². The zero-order chi connectivity index (χ0) is 29.9. The molecule has 8 nitrogen and oxygen atoms in total. The Kier molecular flexibility index (Phi) is 10.4. The molecule has 232 valence electrons. The fourth-order valence-electron chi connectivity index (χ4n) is 8.99. The van der Waals surface area contributed by atoms with Crippen LogP contribution in [0.1, 0.15) is 112 Å². The molecule has 3 saturated carbocycles. The van der Waals surface area contributed by atoms with Crippen LogP contribution in [0.25, 0.3) is 0 Å². The van der Waals surface area contributed by atoms with Crippen LogP contribution in [-0.4, -0.2) is 42.9 Å². The van der Waals surface area contributed by atoms with E-state index in [0.717, 1.165) is 50.4 Å². The summed E-state index contributed by atoms with van der Waals surface area (Å²) in [6, 6.07) is 0. The summed E-state index contributed by atoms with van der Waals surface area (Å²) in [7, 11) is 0. The first kappa shape index (κ1) is 31.8. The van der Waals surface area contributed by atoms with E-state index < -0.39 is 6.16 Å². The topological polar surface area (TPSA) is 105 Å². The first-order valence-electron chi connectivity index (χ1n) is 16.4. The Bertz CT molecular complexity index is 917. The highest BCUT2D eigenvalue weighted by Gasteiger charge is 2.56. The molecule has 41 heavy (non-hydrogen) atoms. The van der Waals surface area contributed by atoms with Crippen LogP contribution < -0.4 is 0 Å². The molecule has 0 aromatic heterocycles. The van der Waals surface area contributed by atoms with E-state index in [-0.39, 0.29) is 47.4 Å². The number of ether oxygens (including phenoxy) is 4. The Morgan fingerprint density at radius 2 is 1.17 bits per heavy atom. The Morgan fingerprint density at radius 3 is 1.59 bits per heavy atom. The zero-order valence-corrected chi connectivity index (χ0v) is 26.0. The first-order valence-corrected chi connectivity index (χ1v) is 16.4. The fourth-order valence-corrected chi connectivity index (χ4v) is 8.99. The maximum atomic E-state index is 11.5. The number of cyclic esters (lactones) is 3. The van der Waals surface area contributed by atoms with Gasteiger partial charge in [-0.2, -0.15) is 0 Å². The molecule has 8 heteroatoms. The molecule has 0 aromatic carbocycles. The number of hydrogen-bond donors (Lipinski definition) is 0. The van der Waals surface area contributed by atoms with E-state index in [1.54, 1.807) is 0 Å². The van der Waals surface area contributed by atoms with Crippen molar-refractivity contribution in [2.75, 3.05) is 6.61 Å². The van der Waals surface area contributed by atoms with Gasteiger partial charge in [0, 0.05) is 5.41 Å². The van der Waals surface area contributed by atoms with Crippen molar-refractivity contribution in [2.45, 2.75) is 124 Å². The minimum Gasteiger partial charge on any atom is -0.465 e. The van der Waals surface area contributed by atoms with Crippen LogP contribution in [-0.2, 0) is 33.3 Å². The van der Waals surface area contributed by atoms with Gasteiger partial charge in [0.1, 0.15) is 12.2 Å². The second-order valence-corrected chi connectivity index (χ2v) is 13.4. The van der Waals surface area contributed by atoms with Crippen LogP contribution in [0.5, 0.6) is 0 Å². The SMILES string of the molecule is CCC1CC(CC)C2(COC(=O)C2)C1.CCC1CC(CC)C2C(=O)OC(=O)C12.CCC1CC(CC)C2OC(=O)OC12. The van der Waals surface area contributed by atoms with Gasteiger partial charge in [-0.1, -0.05) is 67.2 Å². The van der Waals surface area contributed by atoms with Gasteiger partial charge < -0.3 is 18.9 Å². The minimum atomic E-state index is -0.466. The van der Waals surface area contributed by atoms with E-state index in [1.807, 2.05) is 0 Å². The summed E-state index contributed by atoms with van der Waals surface area (Å²) in [4.78, 5) is 45.1. The summed E-state index contributed by atoms with van der Waals surface area (Å²) < 4.78 is 20.2. The van der Waals surface area contributed by atoms with E-state index in [2.05, 4.69) is 41.5 Å².